The molecule has 0 N–H and O–H groups in total. The number of hydrogen-bond donors (Lipinski definition) is 1. The number of rotatable bonds is 16. The summed E-state index contributed by atoms with van der Waals surface area (Å²) in [7, 11) is 3.08. The van der Waals surface area contributed by atoms with Crippen LogP contribution in [0.1, 0.15) is 51.2 Å². The van der Waals surface area contributed by atoms with Crippen LogP contribution in [0, 0.1) is 5.41 Å². The lowest BCUT2D eigenvalue weighted by Gasteiger charge is -2.47. The van der Waals surface area contributed by atoms with Gasteiger partial charge in [-0.3, -0.25) is 9.59 Å². The van der Waals surface area contributed by atoms with Crippen molar-refractivity contribution < 1.29 is 38.0 Å². The third kappa shape index (κ3) is 9.23. The average molecular weight is 587 g/mol. The zero-order chi connectivity index (χ0) is 29.9. The van der Waals surface area contributed by atoms with Gasteiger partial charge in [-0.25, -0.2) is 0 Å². The van der Waals surface area contributed by atoms with E-state index in [1.165, 1.54) is 13.2 Å². The first-order valence-electron chi connectivity index (χ1n) is 13.8. The molecule has 4 atom stereocenters. The molecule has 1 aliphatic rings. The summed E-state index contributed by atoms with van der Waals surface area (Å²) < 4.78 is 35.6. The molecule has 0 bridgehead atoms. The fourth-order valence-corrected chi connectivity index (χ4v) is 4.96. The molecule has 0 spiro atoms. The molecule has 1 fully saturated rings. The van der Waals surface area contributed by atoms with E-state index >= 15 is 0 Å². The molecule has 0 unspecified atom stereocenters. The number of Topliss-reactive ketones (excluding diaryl/α,β-unsaturated/α-hetero) is 1. The molecule has 2 aromatic carbocycles. The molecule has 0 amide bonds. The number of thiol groups is 1. The van der Waals surface area contributed by atoms with Gasteiger partial charge in [0.25, 0.3) is 0 Å². The average Bonchev–Trinajstić information content (AvgIpc) is 2.97. The van der Waals surface area contributed by atoms with Crippen molar-refractivity contribution in [3.63, 3.8) is 0 Å². The Labute approximate surface area is 248 Å². The fraction of sp³-hybridized carbons (Fsp3) is 0.500. The van der Waals surface area contributed by atoms with Crippen molar-refractivity contribution in [3.05, 3.63) is 77.9 Å². The van der Waals surface area contributed by atoms with Crippen LogP contribution >= 0.6 is 12.6 Å². The van der Waals surface area contributed by atoms with Gasteiger partial charge in [0.1, 0.15) is 12.5 Å². The van der Waals surface area contributed by atoms with Gasteiger partial charge < -0.3 is 28.4 Å². The topological polar surface area (TPSA) is 89.5 Å². The van der Waals surface area contributed by atoms with E-state index in [0.29, 0.717) is 26.1 Å². The number of hydrogen-bond acceptors (Lipinski definition) is 8. The van der Waals surface area contributed by atoms with Gasteiger partial charge in [-0.05, 0) is 42.7 Å². The van der Waals surface area contributed by atoms with Crippen molar-refractivity contribution in [1.29, 1.82) is 0 Å². The van der Waals surface area contributed by atoms with E-state index in [1.807, 2.05) is 61.5 Å². The molecule has 3 rings (SSSR count). The van der Waals surface area contributed by atoms with Crippen molar-refractivity contribution in [1.82, 2.24) is 0 Å². The normalized spacial score (nSPS) is 21.1. The third-order valence-electron chi connectivity index (χ3n) is 7.34. The monoisotopic (exact) mass is 586 g/mol. The Morgan fingerprint density at radius 1 is 1.07 bits per heavy atom. The second-order valence-corrected chi connectivity index (χ2v) is 11.1. The molecule has 224 valence electrons. The summed E-state index contributed by atoms with van der Waals surface area (Å²) in [4.78, 5) is 24.7. The molecule has 1 aliphatic heterocycles. The molecule has 0 aliphatic carbocycles. The highest BCUT2D eigenvalue weighted by atomic mass is 32.1. The summed E-state index contributed by atoms with van der Waals surface area (Å²) >= 11 is 3.82. The van der Waals surface area contributed by atoms with Crippen LogP contribution in [0.5, 0.6) is 5.75 Å². The summed E-state index contributed by atoms with van der Waals surface area (Å²) in [5, 5.41) is -0.420. The minimum Gasteiger partial charge on any atom is -0.497 e. The Morgan fingerprint density at radius 3 is 2.39 bits per heavy atom. The first-order chi connectivity index (χ1) is 19.6. The van der Waals surface area contributed by atoms with Crippen molar-refractivity contribution >= 4 is 23.5 Å². The van der Waals surface area contributed by atoms with E-state index in [4.69, 9.17) is 28.4 Å². The molecular weight excluding hydrogens is 544 g/mol. The zero-order valence-electron chi connectivity index (χ0n) is 24.5. The second-order valence-electron chi connectivity index (χ2n) is 10.7. The maximum atomic E-state index is 13.2. The van der Waals surface area contributed by atoms with Crippen LogP contribution in [0.2, 0.25) is 0 Å². The van der Waals surface area contributed by atoms with Gasteiger partial charge in [0.15, 0.2) is 5.78 Å². The number of ketones is 1. The highest BCUT2D eigenvalue weighted by Crippen LogP contribution is 2.43. The zero-order valence-corrected chi connectivity index (χ0v) is 25.4. The second kappa shape index (κ2) is 15.6. The van der Waals surface area contributed by atoms with E-state index in [-0.39, 0.29) is 37.3 Å². The van der Waals surface area contributed by atoms with E-state index in [2.05, 4.69) is 12.6 Å². The van der Waals surface area contributed by atoms with E-state index in [0.717, 1.165) is 16.9 Å². The van der Waals surface area contributed by atoms with Gasteiger partial charge in [-0.15, -0.1) is 12.6 Å². The molecule has 9 heteroatoms. The number of carbonyl (C=O) groups is 2. The van der Waals surface area contributed by atoms with Crippen LogP contribution in [0.3, 0.4) is 0 Å². The largest absolute Gasteiger partial charge is 0.497 e. The van der Waals surface area contributed by atoms with E-state index in [1.54, 1.807) is 27.0 Å². The molecule has 0 radical (unpaired) electrons. The number of benzene rings is 2. The Hall–Kier alpha value is -2.53. The maximum Gasteiger partial charge on any atom is 0.237 e. The Kier molecular flexibility index (Phi) is 12.6. The number of ether oxygens (including phenoxy) is 6. The first-order valence-corrected chi connectivity index (χ1v) is 14.2. The van der Waals surface area contributed by atoms with Gasteiger partial charge in [0.2, 0.25) is 10.9 Å². The summed E-state index contributed by atoms with van der Waals surface area (Å²) in [5.41, 5.74) is 1.11. The minimum absolute atomic E-state index is 0.0973. The van der Waals surface area contributed by atoms with Crippen LogP contribution < -0.4 is 4.74 Å². The molecular formula is C32H42O8S. The van der Waals surface area contributed by atoms with E-state index in [9.17, 15) is 9.59 Å². The fourth-order valence-electron chi connectivity index (χ4n) is 4.88. The number of carbonyl (C=O) groups excluding carboxylic acids is 2. The molecule has 2 aromatic rings. The Morgan fingerprint density at radius 2 is 1.76 bits per heavy atom. The van der Waals surface area contributed by atoms with Crippen LogP contribution in [0.15, 0.2) is 66.7 Å². The van der Waals surface area contributed by atoms with Gasteiger partial charge in [-0.1, -0.05) is 62.4 Å². The molecule has 41 heavy (non-hydrogen) atoms. The summed E-state index contributed by atoms with van der Waals surface area (Å²) in [6.07, 6.45) is 3.10. The summed E-state index contributed by atoms with van der Waals surface area (Å²) in [6.45, 7) is 6.43. The van der Waals surface area contributed by atoms with Crippen LogP contribution in [-0.4, -0.2) is 56.0 Å². The highest BCUT2D eigenvalue weighted by Gasteiger charge is 2.55. The van der Waals surface area contributed by atoms with Gasteiger partial charge in [-0.2, -0.15) is 0 Å². The van der Waals surface area contributed by atoms with Crippen LogP contribution in [-0.2, 0) is 46.5 Å². The van der Waals surface area contributed by atoms with Gasteiger partial charge >= 0.3 is 0 Å². The van der Waals surface area contributed by atoms with Gasteiger partial charge in [0, 0.05) is 25.4 Å². The minimum atomic E-state index is -1.56. The Balaban J connectivity index is 1.71. The quantitative estimate of drug-likeness (QED) is 0.116. The van der Waals surface area contributed by atoms with E-state index < -0.39 is 16.3 Å². The molecule has 1 saturated heterocycles. The molecule has 0 aromatic heterocycles. The van der Waals surface area contributed by atoms with Gasteiger partial charge in [0.05, 0.1) is 38.6 Å². The van der Waals surface area contributed by atoms with Crippen molar-refractivity contribution in [2.75, 3.05) is 21.0 Å². The lowest BCUT2D eigenvalue weighted by Crippen LogP contribution is -2.59. The van der Waals surface area contributed by atoms with Crippen LogP contribution in [0.25, 0.3) is 0 Å². The van der Waals surface area contributed by atoms with Crippen LogP contribution in [0.4, 0.5) is 0 Å². The van der Waals surface area contributed by atoms with Crippen molar-refractivity contribution in [2.45, 2.75) is 77.3 Å². The Bertz CT molecular complexity index is 1130. The first kappa shape index (κ1) is 33.0. The SMILES string of the molecule is COc1ccc(CO[C@H](C[C@@H]2CCC(=O)[C@](OC)(C(C)(C)/C=C/C(=O)S)O2)[C@@H](C)OCOCc2ccccc2)cc1. The predicted molar refractivity (Wildman–Crippen MR) is 159 cm³/mol. The van der Waals surface area contributed by atoms with Crippen molar-refractivity contribution in [3.8, 4) is 5.75 Å². The predicted octanol–water partition coefficient (Wildman–Crippen LogP) is 5.68. The third-order valence-corrected chi connectivity index (χ3v) is 7.49. The maximum absolute atomic E-state index is 13.2. The smallest absolute Gasteiger partial charge is 0.237 e. The highest BCUT2D eigenvalue weighted by molar-refractivity contribution is 7.97. The summed E-state index contributed by atoms with van der Waals surface area (Å²) in [6, 6.07) is 17.6. The lowest BCUT2D eigenvalue weighted by atomic mass is 9.77. The lowest BCUT2D eigenvalue weighted by molar-refractivity contribution is -0.286. The van der Waals surface area contributed by atoms with Crippen molar-refractivity contribution in [2.24, 2.45) is 5.41 Å². The summed E-state index contributed by atoms with van der Waals surface area (Å²) in [5.74, 6) is -0.962. The standard InChI is InChI=1S/C32H42O8S/c1-23(39-22-37-20-24-9-7-6-8-10-24)28(38-21-25-11-13-26(35-4)14-12-25)19-27-15-16-29(33)32(36-5,40-27)31(2,3)18-17-30(34)41/h6-14,17-18,23,27-28H,15-16,19-22H2,1-5H3,(H,34,41)/b18-17+/t23-,27+,28-,32-/m1/s1. The molecule has 8 nitrogen and oxygen atoms in total. The molecule has 0 saturated carbocycles. The number of methoxy groups -OCH3 is 2. The molecule has 1 heterocycles.